The molecule has 0 saturated carbocycles. The zero-order valence-corrected chi connectivity index (χ0v) is 11.3. The van der Waals surface area contributed by atoms with Gasteiger partial charge < -0.3 is 11.1 Å². The van der Waals surface area contributed by atoms with Gasteiger partial charge in [-0.25, -0.2) is 13.2 Å². The van der Waals surface area contributed by atoms with Gasteiger partial charge in [0.15, 0.2) is 11.6 Å². The number of primary amides is 1. The minimum atomic E-state index is -1.26. The first-order valence-electron chi connectivity index (χ1n) is 5.85. The van der Waals surface area contributed by atoms with Crippen molar-refractivity contribution < 1.29 is 18.0 Å². The minimum absolute atomic E-state index is 0.0693. The molecule has 7 heteroatoms. The summed E-state index contributed by atoms with van der Waals surface area (Å²) in [6.07, 6.45) is 0. The van der Waals surface area contributed by atoms with Crippen LogP contribution in [0.15, 0.2) is 30.3 Å². The van der Waals surface area contributed by atoms with Crippen LogP contribution in [0.25, 0.3) is 0 Å². The monoisotopic (exact) mass is 314 g/mol. The summed E-state index contributed by atoms with van der Waals surface area (Å²) in [5.74, 6) is -3.96. The highest BCUT2D eigenvalue weighted by Gasteiger charge is 2.11. The Morgan fingerprint density at radius 1 is 1.10 bits per heavy atom. The van der Waals surface area contributed by atoms with Crippen LogP contribution in [-0.4, -0.2) is 5.91 Å². The molecule has 0 radical (unpaired) electrons. The molecule has 0 aliphatic carbocycles. The Morgan fingerprint density at radius 3 is 2.38 bits per heavy atom. The number of anilines is 1. The van der Waals surface area contributed by atoms with Gasteiger partial charge in [-0.3, -0.25) is 4.79 Å². The molecule has 110 valence electrons. The number of carbonyl (C=O) groups is 1. The second-order valence-electron chi connectivity index (χ2n) is 4.27. The van der Waals surface area contributed by atoms with Gasteiger partial charge in [0.25, 0.3) is 0 Å². The van der Waals surface area contributed by atoms with Crippen molar-refractivity contribution in [3.05, 3.63) is 63.9 Å². The number of hydrogen-bond donors (Lipinski definition) is 2. The number of amides is 1. The van der Waals surface area contributed by atoms with Gasteiger partial charge in [0, 0.05) is 29.3 Å². The Balaban J connectivity index is 2.17. The molecule has 3 N–H and O–H groups in total. The van der Waals surface area contributed by atoms with Gasteiger partial charge in [0.1, 0.15) is 5.82 Å². The van der Waals surface area contributed by atoms with E-state index in [1.54, 1.807) is 0 Å². The Labute approximate surface area is 123 Å². The lowest BCUT2D eigenvalue weighted by molar-refractivity contribution is 0.100. The SMILES string of the molecule is NC(=O)c1ccc(CNc2cc(F)c(F)cc2F)c(Cl)c1. The molecule has 2 aromatic carbocycles. The van der Waals surface area contributed by atoms with Gasteiger partial charge in [-0.2, -0.15) is 0 Å². The average molecular weight is 315 g/mol. The van der Waals surface area contributed by atoms with Crippen molar-refractivity contribution >= 4 is 23.2 Å². The van der Waals surface area contributed by atoms with Gasteiger partial charge >= 0.3 is 0 Å². The molecule has 0 aliphatic rings. The lowest BCUT2D eigenvalue weighted by atomic mass is 10.1. The van der Waals surface area contributed by atoms with Crippen LogP contribution in [0.4, 0.5) is 18.9 Å². The molecule has 0 spiro atoms. The van der Waals surface area contributed by atoms with Crippen molar-refractivity contribution in [3.8, 4) is 0 Å². The van der Waals surface area contributed by atoms with Crippen LogP contribution in [-0.2, 0) is 6.54 Å². The lowest BCUT2D eigenvalue weighted by Crippen LogP contribution is -2.11. The standard InChI is InChI=1S/C14H10ClF3N2O/c15-9-3-7(14(19)21)1-2-8(9)6-20-13-5-11(17)10(16)4-12(13)18/h1-5,20H,6H2,(H2,19,21). The smallest absolute Gasteiger partial charge is 0.248 e. The van der Waals surface area contributed by atoms with Gasteiger partial charge in [0.2, 0.25) is 5.91 Å². The summed E-state index contributed by atoms with van der Waals surface area (Å²) < 4.78 is 39.3. The van der Waals surface area contributed by atoms with Crippen LogP contribution >= 0.6 is 11.6 Å². The molecule has 0 unspecified atom stereocenters. The predicted octanol–water partition coefficient (Wildman–Crippen LogP) is 3.47. The maximum Gasteiger partial charge on any atom is 0.248 e. The van der Waals surface area contributed by atoms with E-state index in [0.717, 1.165) is 6.07 Å². The van der Waals surface area contributed by atoms with Crippen LogP contribution in [0.2, 0.25) is 5.02 Å². The Hall–Kier alpha value is -2.21. The molecule has 3 nitrogen and oxygen atoms in total. The Bertz CT molecular complexity index is 707. The first kappa shape index (κ1) is 15.2. The number of hydrogen-bond acceptors (Lipinski definition) is 2. The van der Waals surface area contributed by atoms with E-state index in [9.17, 15) is 18.0 Å². The molecular weight excluding hydrogens is 305 g/mol. The molecule has 0 saturated heterocycles. The van der Waals surface area contributed by atoms with Crippen LogP contribution in [0.5, 0.6) is 0 Å². The molecule has 0 aromatic heterocycles. The van der Waals surface area contributed by atoms with E-state index in [1.165, 1.54) is 18.2 Å². The topological polar surface area (TPSA) is 55.1 Å². The molecule has 2 rings (SSSR count). The molecule has 0 heterocycles. The van der Waals surface area contributed by atoms with Crippen molar-refractivity contribution in [2.24, 2.45) is 5.73 Å². The number of nitrogens with two attached hydrogens (primary N) is 1. The molecular formula is C14H10ClF3N2O. The summed E-state index contributed by atoms with van der Waals surface area (Å²) in [4.78, 5) is 11.0. The van der Waals surface area contributed by atoms with Crippen molar-refractivity contribution in [1.29, 1.82) is 0 Å². The second-order valence-corrected chi connectivity index (χ2v) is 4.68. The van der Waals surface area contributed by atoms with Crippen LogP contribution in [0, 0.1) is 17.5 Å². The summed E-state index contributed by atoms with van der Waals surface area (Å²) in [6.45, 7) is 0.0693. The maximum absolute atomic E-state index is 13.4. The fourth-order valence-corrected chi connectivity index (χ4v) is 1.94. The number of nitrogens with one attached hydrogen (secondary N) is 1. The number of carbonyl (C=O) groups excluding carboxylic acids is 1. The van der Waals surface area contributed by atoms with Crippen molar-refractivity contribution in [3.63, 3.8) is 0 Å². The van der Waals surface area contributed by atoms with Gasteiger partial charge in [-0.1, -0.05) is 17.7 Å². The first-order valence-corrected chi connectivity index (χ1v) is 6.23. The fourth-order valence-electron chi connectivity index (χ4n) is 1.69. The van der Waals surface area contributed by atoms with Gasteiger partial charge in [0.05, 0.1) is 5.69 Å². The summed E-state index contributed by atoms with van der Waals surface area (Å²) in [6, 6.07) is 5.55. The van der Waals surface area contributed by atoms with Gasteiger partial charge in [-0.05, 0) is 17.7 Å². The maximum atomic E-state index is 13.4. The summed E-state index contributed by atoms with van der Waals surface area (Å²) in [5, 5.41) is 2.86. The van der Waals surface area contributed by atoms with E-state index in [2.05, 4.69) is 5.32 Å². The van der Waals surface area contributed by atoms with Crippen molar-refractivity contribution in [1.82, 2.24) is 0 Å². The lowest BCUT2D eigenvalue weighted by Gasteiger charge is -2.10. The minimum Gasteiger partial charge on any atom is -0.378 e. The van der Waals surface area contributed by atoms with E-state index in [4.69, 9.17) is 17.3 Å². The predicted molar refractivity (Wildman–Crippen MR) is 73.6 cm³/mol. The molecule has 2 aromatic rings. The summed E-state index contributed by atoms with van der Waals surface area (Å²) in [7, 11) is 0. The summed E-state index contributed by atoms with van der Waals surface area (Å²) >= 11 is 5.96. The zero-order valence-electron chi connectivity index (χ0n) is 10.6. The summed E-state index contributed by atoms with van der Waals surface area (Å²) in [5.41, 5.74) is 5.70. The number of halogens is 4. The molecule has 0 fully saturated rings. The van der Waals surface area contributed by atoms with Crippen LogP contribution in [0.3, 0.4) is 0 Å². The molecule has 0 atom stereocenters. The van der Waals surface area contributed by atoms with E-state index in [-0.39, 0.29) is 22.8 Å². The highest BCUT2D eigenvalue weighted by molar-refractivity contribution is 6.31. The van der Waals surface area contributed by atoms with E-state index < -0.39 is 23.4 Å². The van der Waals surface area contributed by atoms with Crippen molar-refractivity contribution in [2.45, 2.75) is 6.54 Å². The highest BCUT2D eigenvalue weighted by Crippen LogP contribution is 2.22. The van der Waals surface area contributed by atoms with E-state index in [1.807, 2.05) is 0 Å². The highest BCUT2D eigenvalue weighted by atomic mass is 35.5. The molecule has 21 heavy (non-hydrogen) atoms. The van der Waals surface area contributed by atoms with E-state index >= 15 is 0 Å². The third-order valence-corrected chi connectivity index (χ3v) is 3.17. The zero-order chi connectivity index (χ0) is 15.6. The van der Waals surface area contributed by atoms with Gasteiger partial charge in [-0.15, -0.1) is 0 Å². The quantitative estimate of drug-likeness (QED) is 0.849. The van der Waals surface area contributed by atoms with E-state index in [0.29, 0.717) is 11.6 Å². The van der Waals surface area contributed by atoms with Crippen molar-refractivity contribution in [2.75, 3.05) is 5.32 Å². The van der Waals surface area contributed by atoms with Crippen LogP contribution < -0.4 is 11.1 Å². The fraction of sp³-hybridized carbons (Fsp3) is 0.0714. The average Bonchev–Trinajstić information content (AvgIpc) is 2.42. The number of benzene rings is 2. The molecule has 0 aliphatic heterocycles. The number of rotatable bonds is 4. The third-order valence-electron chi connectivity index (χ3n) is 2.82. The Morgan fingerprint density at radius 2 is 1.76 bits per heavy atom. The molecule has 1 amide bonds. The first-order chi connectivity index (χ1) is 9.88. The molecule has 0 bridgehead atoms. The largest absolute Gasteiger partial charge is 0.378 e. The van der Waals surface area contributed by atoms with Crippen LogP contribution in [0.1, 0.15) is 15.9 Å². The normalized spacial score (nSPS) is 10.5. The Kier molecular flexibility index (Phi) is 4.37. The third kappa shape index (κ3) is 3.46. The second kappa shape index (κ2) is 6.05.